The summed E-state index contributed by atoms with van der Waals surface area (Å²) in [4.78, 5) is 14.5. The SMILES string of the molecule is CCN(CC(C)C#N)C(=O)c1cccc(S(=O)(=O)N2CCc3ccccc32)c1. The molecule has 1 heterocycles. The van der Waals surface area contributed by atoms with Crippen LogP contribution in [0.3, 0.4) is 0 Å². The molecule has 2 aromatic rings. The molecular formula is C21H23N3O3S. The van der Waals surface area contributed by atoms with E-state index < -0.39 is 10.0 Å². The number of carbonyl (C=O) groups is 1. The average Bonchev–Trinajstić information content (AvgIpc) is 3.16. The van der Waals surface area contributed by atoms with Crippen molar-refractivity contribution in [2.45, 2.75) is 25.2 Å². The summed E-state index contributed by atoms with van der Waals surface area (Å²) in [6.45, 7) is 4.73. The third kappa shape index (κ3) is 3.73. The highest BCUT2D eigenvalue weighted by Gasteiger charge is 2.31. The number of nitriles is 1. The van der Waals surface area contributed by atoms with Gasteiger partial charge < -0.3 is 4.90 Å². The number of benzene rings is 2. The van der Waals surface area contributed by atoms with Crippen LogP contribution in [0.2, 0.25) is 0 Å². The number of para-hydroxylation sites is 1. The molecule has 1 unspecified atom stereocenters. The Morgan fingerprint density at radius 2 is 2.00 bits per heavy atom. The van der Waals surface area contributed by atoms with Gasteiger partial charge in [0.15, 0.2) is 0 Å². The second-order valence-electron chi connectivity index (χ2n) is 6.86. The van der Waals surface area contributed by atoms with Gasteiger partial charge in [0.2, 0.25) is 0 Å². The van der Waals surface area contributed by atoms with E-state index in [1.165, 1.54) is 16.4 Å². The molecule has 28 heavy (non-hydrogen) atoms. The number of carbonyl (C=O) groups excluding carboxylic acids is 1. The fourth-order valence-electron chi connectivity index (χ4n) is 3.38. The number of hydrogen-bond donors (Lipinski definition) is 0. The lowest BCUT2D eigenvalue weighted by molar-refractivity contribution is 0.0752. The van der Waals surface area contributed by atoms with Crippen LogP contribution in [0.25, 0.3) is 0 Å². The van der Waals surface area contributed by atoms with Crippen LogP contribution in [0.1, 0.15) is 29.8 Å². The lowest BCUT2D eigenvalue weighted by atomic mass is 10.1. The lowest BCUT2D eigenvalue weighted by Crippen LogP contribution is -2.34. The minimum Gasteiger partial charge on any atom is -0.338 e. The first kappa shape index (κ1) is 19.9. The first-order valence-electron chi connectivity index (χ1n) is 9.28. The van der Waals surface area contributed by atoms with Crippen molar-refractivity contribution >= 4 is 21.6 Å². The van der Waals surface area contributed by atoms with Crippen LogP contribution in [0.4, 0.5) is 5.69 Å². The summed E-state index contributed by atoms with van der Waals surface area (Å²) >= 11 is 0. The highest BCUT2D eigenvalue weighted by molar-refractivity contribution is 7.92. The molecule has 1 aliphatic heterocycles. The van der Waals surface area contributed by atoms with Crippen LogP contribution < -0.4 is 4.31 Å². The summed E-state index contributed by atoms with van der Waals surface area (Å²) in [6, 6.07) is 15.7. The highest BCUT2D eigenvalue weighted by Crippen LogP contribution is 2.32. The Morgan fingerprint density at radius 1 is 1.25 bits per heavy atom. The predicted octanol–water partition coefficient (Wildman–Crippen LogP) is 3.06. The molecule has 3 rings (SSSR count). The van der Waals surface area contributed by atoms with Crippen LogP contribution in [-0.4, -0.2) is 38.9 Å². The number of amides is 1. The zero-order valence-electron chi connectivity index (χ0n) is 16.0. The number of fused-ring (bicyclic) bond motifs is 1. The summed E-state index contributed by atoms with van der Waals surface area (Å²) in [7, 11) is -3.76. The zero-order valence-corrected chi connectivity index (χ0v) is 16.8. The molecule has 146 valence electrons. The summed E-state index contributed by atoms with van der Waals surface area (Å²) in [6.07, 6.45) is 0.670. The number of rotatable bonds is 6. The summed E-state index contributed by atoms with van der Waals surface area (Å²) in [5.41, 5.74) is 2.00. The van der Waals surface area contributed by atoms with Crippen molar-refractivity contribution in [3.63, 3.8) is 0 Å². The van der Waals surface area contributed by atoms with Gasteiger partial charge in [-0.15, -0.1) is 0 Å². The van der Waals surface area contributed by atoms with Crippen molar-refractivity contribution in [3.8, 4) is 6.07 Å². The van der Waals surface area contributed by atoms with E-state index in [1.54, 1.807) is 30.0 Å². The maximum absolute atomic E-state index is 13.2. The fraction of sp³-hybridized carbons (Fsp3) is 0.333. The molecule has 0 saturated heterocycles. The van der Waals surface area contributed by atoms with Crippen molar-refractivity contribution in [1.29, 1.82) is 5.26 Å². The number of anilines is 1. The Kier molecular flexibility index (Phi) is 5.71. The second-order valence-corrected chi connectivity index (χ2v) is 8.72. The van der Waals surface area contributed by atoms with E-state index >= 15 is 0 Å². The van der Waals surface area contributed by atoms with Gasteiger partial charge in [-0.3, -0.25) is 9.10 Å². The van der Waals surface area contributed by atoms with E-state index in [4.69, 9.17) is 5.26 Å². The molecule has 0 N–H and O–H groups in total. The largest absolute Gasteiger partial charge is 0.338 e. The van der Waals surface area contributed by atoms with Gasteiger partial charge in [-0.1, -0.05) is 24.3 Å². The molecule has 0 saturated carbocycles. The van der Waals surface area contributed by atoms with Crippen LogP contribution >= 0.6 is 0 Å². The van der Waals surface area contributed by atoms with Gasteiger partial charge in [0.25, 0.3) is 15.9 Å². The molecule has 6 nitrogen and oxygen atoms in total. The molecule has 0 aliphatic carbocycles. The number of sulfonamides is 1. The molecule has 2 aromatic carbocycles. The first-order chi connectivity index (χ1) is 13.4. The van der Waals surface area contributed by atoms with E-state index in [0.29, 0.717) is 37.3 Å². The minimum atomic E-state index is -3.76. The van der Waals surface area contributed by atoms with E-state index in [-0.39, 0.29) is 16.7 Å². The van der Waals surface area contributed by atoms with Crippen LogP contribution in [0, 0.1) is 17.2 Å². The Hall–Kier alpha value is -2.85. The van der Waals surface area contributed by atoms with Gasteiger partial charge in [0.05, 0.1) is 22.6 Å². The van der Waals surface area contributed by atoms with Gasteiger partial charge in [0, 0.05) is 25.2 Å². The van der Waals surface area contributed by atoms with E-state index in [2.05, 4.69) is 6.07 Å². The van der Waals surface area contributed by atoms with E-state index in [0.717, 1.165) is 5.56 Å². The predicted molar refractivity (Wildman–Crippen MR) is 107 cm³/mol. The molecular weight excluding hydrogens is 374 g/mol. The molecule has 0 radical (unpaired) electrons. The zero-order chi connectivity index (χ0) is 20.3. The van der Waals surface area contributed by atoms with Crippen molar-refractivity contribution in [3.05, 3.63) is 59.7 Å². The monoisotopic (exact) mass is 397 g/mol. The van der Waals surface area contributed by atoms with Gasteiger partial charge in [-0.05, 0) is 50.1 Å². The third-order valence-electron chi connectivity index (χ3n) is 4.90. The van der Waals surface area contributed by atoms with Gasteiger partial charge in [-0.2, -0.15) is 5.26 Å². The second kappa shape index (κ2) is 8.03. The quantitative estimate of drug-likeness (QED) is 0.750. The normalized spacial score (nSPS) is 14.2. The summed E-state index contributed by atoms with van der Waals surface area (Å²) in [5.74, 6) is -0.569. The molecule has 1 amide bonds. The van der Waals surface area contributed by atoms with Crippen molar-refractivity contribution in [2.24, 2.45) is 5.92 Å². The van der Waals surface area contributed by atoms with E-state index in [1.807, 2.05) is 25.1 Å². The Morgan fingerprint density at radius 3 is 2.71 bits per heavy atom. The standard InChI is InChI=1S/C21H23N3O3S/c1-3-23(15-16(2)14-22)21(25)18-8-6-9-19(13-18)28(26,27)24-12-11-17-7-4-5-10-20(17)24/h4-10,13,16H,3,11-12,15H2,1-2H3. The molecule has 0 aromatic heterocycles. The van der Waals surface area contributed by atoms with Crippen LogP contribution in [-0.2, 0) is 16.4 Å². The topological polar surface area (TPSA) is 81.5 Å². The van der Waals surface area contributed by atoms with Crippen molar-refractivity contribution in [1.82, 2.24) is 4.90 Å². The maximum atomic E-state index is 13.2. The average molecular weight is 398 g/mol. The first-order valence-corrected chi connectivity index (χ1v) is 10.7. The van der Waals surface area contributed by atoms with Gasteiger partial charge in [-0.25, -0.2) is 8.42 Å². The third-order valence-corrected chi connectivity index (χ3v) is 6.71. The highest BCUT2D eigenvalue weighted by atomic mass is 32.2. The van der Waals surface area contributed by atoms with Gasteiger partial charge in [0.1, 0.15) is 0 Å². The van der Waals surface area contributed by atoms with Crippen molar-refractivity contribution < 1.29 is 13.2 Å². The Bertz CT molecular complexity index is 1030. The minimum absolute atomic E-state index is 0.0967. The number of hydrogen-bond acceptors (Lipinski definition) is 4. The summed E-state index contributed by atoms with van der Waals surface area (Å²) < 4.78 is 27.8. The Labute approximate surface area is 166 Å². The summed E-state index contributed by atoms with van der Waals surface area (Å²) in [5, 5.41) is 9.01. The molecule has 0 fully saturated rings. The van der Waals surface area contributed by atoms with Crippen LogP contribution in [0.15, 0.2) is 53.4 Å². The van der Waals surface area contributed by atoms with Crippen molar-refractivity contribution in [2.75, 3.05) is 23.9 Å². The lowest BCUT2D eigenvalue weighted by Gasteiger charge is -2.23. The molecule has 1 aliphatic rings. The molecule has 0 spiro atoms. The molecule has 7 heteroatoms. The van der Waals surface area contributed by atoms with Gasteiger partial charge >= 0.3 is 0 Å². The Balaban J connectivity index is 1.91. The van der Waals surface area contributed by atoms with E-state index in [9.17, 15) is 13.2 Å². The molecule has 0 bridgehead atoms. The smallest absolute Gasteiger partial charge is 0.264 e. The number of nitrogens with zero attached hydrogens (tertiary/aromatic N) is 3. The van der Waals surface area contributed by atoms with Crippen LogP contribution in [0.5, 0.6) is 0 Å². The maximum Gasteiger partial charge on any atom is 0.264 e. The fourth-order valence-corrected chi connectivity index (χ4v) is 4.93. The molecule has 1 atom stereocenters.